The molecule has 0 aliphatic rings. The van der Waals surface area contributed by atoms with Crippen LogP contribution in [0.4, 0.5) is 0 Å². The fraction of sp³-hybridized carbons (Fsp3) is 0.154. The zero-order valence-electron chi connectivity index (χ0n) is 10.5. The number of aryl methyl sites for hydroxylation is 1. The van der Waals surface area contributed by atoms with E-state index in [1.165, 1.54) is 6.33 Å². The molecule has 3 rings (SSSR count). The third-order valence-electron chi connectivity index (χ3n) is 3.04. The summed E-state index contributed by atoms with van der Waals surface area (Å²) in [4.78, 5) is 12.3. The highest BCUT2D eigenvalue weighted by atomic mass is 35.5. The van der Waals surface area contributed by atoms with E-state index in [9.17, 15) is 0 Å². The van der Waals surface area contributed by atoms with E-state index in [2.05, 4.69) is 15.0 Å². The van der Waals surface area contributed by atoms with Gasteiger partial charge in [0, 0.05) is 18.6 Å². The average molecular weight is 275 g/mol. The summed E-state index contributed by atoms with van der Waals surface area (Å²) in [6, 6.07) is 3.85. The Kier molecular flexibility index (Phi) is 2.83. The maximum Gasteiger partial charge on any atom is 0.225 e. The molecule has 96 valence electrons. The molecule has 19 heavy (non-hydrogen) atoms. The number of hydrogen-bond acceptors (Lipinski definition) is 4. The number of halogens is 1. The van der Waals surface area contributed by atoms with Gasteiger partial charge in [-0.05, 0) is 12.1 Å². The number of aromatic nitrogens is 4. The zero-order valence-corrected chi connectivity index (χ0v) is 11.2. The average Bonchev–Trinajstić information content (AvgIpc) is 2.75. The standard InChI is InChI=1S/C13H11ClN4O/c1-18-10(9-5-15-7-17-13(9)19-2)3-8-4-12(14)16-6-11(8)18/h3-7H,1-2H3. The Morgan fingerprint density at radius 2 is 2.05 bits per heavy atom. The Morgan fingerprint density at radius 3 is 2.84 bits per heavy atom. The molecule has 0 radical (unpaired) electrons. The van der Waals surface area contributed by atoms with Crippen LogP contribution in [0.15, 0.2) is 30.9 Å². The van der Waals surface area contributed by atoms with E-state index >= 15 is 0 Å². The molecule has 0 bridgehead atoms. The fourth-order valence-electron chi connectivity index (χ4n) is 2.12. The Balaban J connectivity index is 2.28. The van der Waals surface area contributed by atoms with Crippen molar-refractivity contribution < 1.29 is 4.74 Å². The first kappa shape index (κ1) is 11.9. The Labute approximate surface area is 114 Å². The predicted molar refractivity (Wildman–Crippen MR) is 73.3 cm³/mol. The van der Waals surface area contributed by atoms with E-state index in [0.29, 0.717) is 11.0 Å². The number of fused-ring (bicyclic) bond motifs is 1. The van der Waals surface area contributed by atoms with E-state index in [4.69, 9.17) is 16.3 Å². The van der Waals surface area contributed by atoms with Gasteiger partial charge >= 0.3 is 0 Å². The van der Waals surface area contributed by atoms with E-state index < -0.39 is 0 Å². The van der Waals surface area contributed by atoms with Crippen molar-refractivity contribution in [3.8, 4) is 17.1 Å². The van der Waals surface area contributed by atoms with Crippen LogP contribution in [0, 0.1) is 0 Å². The van der Waals surface area contributed by atoms with Gasteiger partial charge in [-0.25, -0.2) is 15.0 Å². The maximum atomic E-state index is 5.92. The first-order valence-corrected chi connectivity index (χ1v) is 6.04. The molecular weight excluding hydrogens is 264 g/mol. The summed E-state index contributed by atoms with van der Waals surface area (Å²) in [6.07, 6.45) is 4.94. The highest BCUT2D eigenvalue weighted by Crippen LogP contribution is 2.31. The summed E-state index contributed by atoms with van der Waals surface area (Å²) in [5, 5.41) is 1.49. The van der Waals surface area contributed by atoms with E-state index in [1.54, 1.807) is 19.5 Å². The lowest BCUT2D eigenvalue weighted by Crippen LogP contribution is -1.97. The molecule has 0 aliphatic heterocycles. The minimum Gasteiger partial charge on any atom is -0.480 e. The van der Waals surface area contributed by atoms with Crippen molar-refractivity contribution >= 4 is 22.5 Å². The number of nitrogens with zero attached hydrogens (tertiary/aromatic N) is 4. The van der Waals surface area contributed by atoms with E-state index in [-0.39, 0.29) is 0 Å². The molecule has 0 fully saturated rings. The number of hydrogen-bond donors (Lipinski definition) is 0. The second-order valence-electron chi connectivity index (χ2n) is 4.10. The van der Waals surface area contributed by atoms with Gasteiger partial charge in [0.15, 0.2) is 0 Å². The summed E-state index contributed by atoms with van der Waals surface area (Å²) in [5.74, 6) is 0.542. The molecule has 0 aromatic carbocycles. The molecule has 3 heterocycles. The van der Waals surface area contributed by atoms with Crippen LogP contribution in [0.25, 0.3) is 22.2 Å². The molecule has 0 atom stereocenters. The molecular formula is C13H11ClN4O. The third-order valence-corrected chi connectivity index (χ3v) is 3.25. The lowest BCUT2D eigenvalue weighted by molar-refractivity contribution is 0.398. The second kappa shape index (κ2) is 4.51. The van der Waals surface area contributed by atoms with E-state index in [1.807, 2.05) is 23.7 Å². The number of pyridine rings is 1. The molecule has 0 unspecified atom stereocenters. The van der Waals surface area contributed by atoms with Crippen molar-refractivity contribution in [1.29, 1.82) is 0 Å². The molecule has 0 spiro atoms. The largest absolute Gasteiger partial charge is 0.480 e. The number of ether oxygens (including phenoxy) is 1. The molecule has 3 aromatic rings. The van der Waals surface area contributed by atoms with Crippen LogP contribution in [0.5, 0.6) is 5.88 Å². The molecule has 5 nitrogen and oxygen atoms in total. The van der Waals surface area contributed by atoms with Gasteiger partial charge in [-0.15, -0.1) is 0 Å². The van der Waals surface area contributed by atoms with Gasteiger partial charge in [0.2, 0.25) is 5.88 Å². The lowest BCUT2D eigenvalue weighted by atomic mass is 10.2. The summed E-state index contributed by atoms with van der Waals surface area (Å²) >= 11 is 5.92. The topological polar surface area (TPSA) is 52.8 Å². The smallest absolute Gasteiger partial charge is 0.225 e. The second-order valence-corrected chi connectivity index (χ2v) is 4.49. The van der Waals surface area contributed by atoms with Crippen LogP contribution in [-0.4, -0.2) is 26.6 Å². The Bertz CT molecular complexity index is 753. The van der Waals surface area contributed by atoms with Crippen LogP contribution in [0.3, 0.4) is 0 Å². The quantitative estimate of drug-likeness (QED) is 0.674. The minimum atomic E-state index is 0.473. The molecule has 6 heteroatoms. The molecule has 0 N–H and O–H groups in total. The third kappa shape index (κ3) is 1.92. The van der Waals surface area contributed by atoms with Gasteiger partial charge in [0.1, 0.15) is 11.5 Å². The van der Waals surface area contributed by atoms with Crippen molar-refractivity contribution in [2.45, 2.75) is 0 Å². The van der Waals surface area contributed by atoms with Gasteiger partial charge in [0.05, 0.1) is 30.1 Å². The molecule has 0 amide bonds. The SMILES string of the molecule is COc1ncncc1-c1cc2cc(Cl)ncc2n1C. The summed E-state index contributed by atoms with van der Waals surface area (Å²) in [6.45, 7) is 0. The van der Waals surface area contributed by atoms with E-state index in [0.717, 1.165) is 22.2 Å². The van der Waals surface area contributed by atoms with Gasteiger partial charge in [-0.3, -0.25) is 0 Å². The van der Waals surface area contributed by atoms with Crippen LogP contribution < -0.4 is 4.74 Å². The lowest BCUT2D eigenvalue weighted by Gasteiger charge is -2.07. The van der Waals surface area contributed by atoms with Crippen molar-refractivity contribution in [3.05, 3.63) is 36.0 Å². The highest BCUT2D eigenvalue weighted by Gasteiger charge is 2.13. The molecule has 0 saturated heterocycles. The van der Waals surface area contributed by atoms with Crippen LogP contribution >= 0.6 is 11.6 Å². The molecule has 0 aliphatic carbocycles. The Hall–Kier alpha value is -2.14. The maximum absolute atomic E-state index is 5.92. The van der Waals surface area contributed by atoms with Gasteiger partial charge in [-0.1, -0.05) is 11.6 Å². The van der Waals surface area contributed by atoms with Crippen molar-refractivity contribution in [2.24, 2.45) is 7.05 Å². The van der Waals surface area contributed by atoms with Crippen molar-refractivity contribution in [3.63, 3.8) is 0 Å². The van der Waals surface area contributed by atoms with Crippen LogP contribution in [-0.2, 0) is 7.05 Å². The van der Waals surface area contributed by atoms with Crippen LogP contribution in [0.2, 0.25) is 5.15 Å². The van der Waals surface area contributed by atoms with Crippen molar-refractivity contribution in [1.82, 2.24) is 19.5 Å². The van der Waals surface area contributed by atoms with Gasteiger partial charge in [-0.2, -0.15) is 0 Å². The summed E-state index contributed by atoms with van der Waals surface area (Å²) in [5.41, 5.74) is 2.78. The van der Waals surface area contributed by atoms with Crippen LogP contribution in [0.1, 0.15) is 0 Å². The minimum absolute atomic E-state index is 0.473. The van der Waals surface area contributed by atoms with Crippen molar-refractivity contribution in [2.75, 3.05) is 7.11 Å². The number of rotatable bonds is 2. The fourth-order valence-corrected chi connectivity index (χ4v) is 2.29. The molecule has 0 saturated carbocycles. The predicted octanol–water partition coefficient (Wildman–Crippen LogP) is 2.69. The van der Waals surface area contributed by atoms with Gasteiger partial charge < -0.3 is 9.30 Å². The monoisotopic (exact) mass is 274 g/mol. The zero-order chi connectivity index (χ0) is 13.4. The first-order chi connectivity index (χ1) is 9.20. The Morgan fingerprint density at radius 1 is 1.21 bits per heavy atom. The highest BCUT2D eigenvalue weighted by molar-refractivity contribution is 6.30. The van der Waals surface area contributed by atoms with Gasteiger partial charge in [0.25, 0.3) is 0 Å². The normalized spacial score (nSPS) is 10.9. The number of methoxy groups -OCH3 is 1. The summed E-state index contributed by atoms with van der Waals surface area (Å²) < 4.78 is 7.28. The first-order valence-electron chi connectivity index (χ1n) is 5.66. The molecule has 3 aromatic heterocycles. The summed E-state index contributed by atoms with van der Waals surface area (Å²) in [7, 11) is 3.55.